The molecule has 0 spiro atoms. The third kappa shape index (κ3) is 26.0. The summed E-state index contributed by atoms with van der Waals surface area (Å²) in [5, 5.41) is 31.8. The van der Waals surface area contributed by atoms with E-state index < -0.39 is 41.1 Å². The summed E-state index contributed by atoms with van der Waals surface area (Å²) in [5.41, 5.74) is -1.40. The Labute approximate surface area is 486 Å². The molecular weight excluding hydrogens is 1110 g/mol. The Morgan fingerprint density at radius 2 is 1.12 bits per heavy atom. The summed E-state index contributed by atoms with van der Waals surface area (Å²) in [6, 6.07) is 18.8. The van der Waals surface area contributed by atoms with Crippen molar-refractivity contribution < 1.29 is 74.6 Å². The number of aromatic nitrogens is 4. The second kappa shape index (κ2) is 34.3. The molecule has 3 aromatic carbocycles. The number of carbonyl (C=O) groups is 3. The molecule has 0 radical (unpaired) electrons. The molecule has 1 aliphatic heterocycles. The predicted molar refractivity (Wildman–Crippen MR) is 305 cm³/mol. The molecule has 19 nitrogen and oxygen atoms in total. The van der Waals surface area contributed by atoms with Gasteiger partial charge in [0.15, 0.2) is 0 Å². The number of esters is 1. The Morgan fingerprint density at radius 1 is 0.631 bits per heavy atom. The second-order valence-corrected chi connectivity index (χ2v) is 20.7. The van der Waals surface area contributed by atoms with E-state index >= 15 is 0 Å². The minimum atomic E-state index is -4.48. The van der Waals surface area contributed by atoms with Crippen LogP contribution in [0.5, 0.6) is 17.5 Å². The van der Waals surface area contributed by atoms with E-state index in [1.54, 1.807) is 42.5 Å². The molecule has 5 aromatic rings. The van der Waals surface area contributed by atoms with Gasteiger partial charge in [-0.25, -0.2) is 29.5 Å². The van der Waals surface area contributed by atoms with Gasteiger partial charge in [-0.2, -0.15) is 26.3 Å². The number of nitrogens with zero attached hydrogens (tertiary/aromatic N) is 4. The summed E-state index contributed by atoms with van der Waals surface area (Å²) in [5.74, 6) is 1.89. The first-order valence-electron chi connectivity index (χ1n) is 27.4. The summed E-state index contributed by atoms with van der Waals surface area (Å²) in [7, 11) is 0. The average molecular weight is 1190 g/mol. The number of benzene rings is 3. The Bertz CT molecular complexity index is 2770. The Balaban J connectivity index is 0.000000262. The highest BCUT2D eigenvalue weighted by Crippen LogP contribution is 2.35. The molecule has 84 heavy (non-hydrogen) atoms. The molecule has 0 unspecified atom stereocenters. The number of hydrogen-bond acceptors (Lipinski definition) is 16. The molecule has 2 saturated carbocycles. The number of ether oxygens (including phenoxy) is 5. The SMILES string of the molecule is C.C1CCOC1.CC(C)(C)OC(=O)NC1CCC(Oc2cc(NCCO)ncn2)CC1.Cc1ccc(CC(=O)Oc2ccccc2)cc1C(F)(F)F.Cc1ccc(NC(=O)NC2CCC(Oc3cc(NCCO)ncn3)CC2)cc1C(F)(F)F. The van der Waals surface area contributed by atoms with E-state index in [2.05, 4.69) is 46.5 Å². The van der Waals surface area contributed by atoms with Crippen LogP contribution in [0.4, 0.5) is 53.3 Å². The molecule has 2 aliphatic carbocycles. The zero-order valence-corrected chi connectivity index (χ0v) is 47.2. The first kappa shape index (κ1) is 69.0. The Morgan fingerprint density at radius 3 is 1.58 bits per heavy atom. The maximum Gasteiger partial charge on any atom is 0.416 e. The second-order valence-electron chi connectivity index (χ2n) is 20.7. The lowest BCUT2D eigenvalue weighted by molar-refractivity contribution is -0.139. The summed E-state index contributed by atoms with van der Waals surface area (Å²) < 4.78 is 105. The van der Waals surface area contributed by atoms with Crippen molar-refractivity contribution >= 4 is 35.4 Å². The maximum atomic E-state index is 13.0. The van der Waals surface area contributed by atoms with Crippen molar-refractivity contribution in [1.29, 1.82) is 0 Å². The van der Waals surface area contributed by atoms with Crippen LogP contribution in [0.2, 0.25) is 0 Å². The lowest BCUT2D eigenvalue weighted by Crippen LogP contribution is -2.42. The molecule has 462 valence electrons. The van der Waals surface area contributed by atoms with Crippen molar-refractivity contribution in [3.63, 3.8) is 0 Å². The molecular formula is C59H79F6N9O10. The highest BCUT2D eigenvalue weighted by atomic mass is 19.4. The van der Waals surface area contributed by atoms with E-state index in [-0.39, 0.29) is 79.8 Å². The van der Waals surface area contributed by atoms with Crippen LogP contribution < -0.4 is 40.8 Å². The number of halogens is 6. The van der Waals surface area contributed by atoms with Crippen molar-refractivity contribution in [1.82, 2.24) is 30.6 Å². The highest BCUT2D eigenvalue weighted by Gasteiger charge is 2.34. The lowest BCUT2D eigenvalue weighted by Gasteiger charge is -2.30. The number of aryl methyl sites for hydroxylation is 2. The molecule has 8 rings (SSSR count). The number of anilines is 3. The summed E-state index contributed by atoms with van der Waals surface area (Å²) in [6.45, 7) is 11.1. The van der Waals surface area contributed by atoms with Crippen LogP contribution in [0, 0.1) is 13.8 Å². The van der Waals surface area contributed by atoms with Gasteiger partial charge in [0.2, 0.25) is 11.8 Å². The normalized spacial score (nSPS) is 17.5. The number of nitrogens with one attached hydrogen (secondary N) is 5. The number of alkyl carbamates (subject to hydrolysis) is 1. The quantitative estimate of drug-likeness (QED) is 0.0276. The van der Waals surface area contributed by atoms with Gasteiger partial charge >= 0.3 is 30.4 Å². The van der Waals surface area contributed by atoms with Gasteiger partial charge in [-0.15, -0.1) is 0 Å². The van der Waals surface area contributed by atoms with Gasteiger partial charge in [-0.1, -0.05) is 43.8 Å². The first-order valence-corrected chi connectivity index (χ1v) is 27.4. The van der Waals surface area contributed by atoms with Gasteiger partial charge in [0.25, 0.3) is 0 Å². The number of amides is 3. The molecule has 3 amide bonds. The number of rotatable bonds is 16. The smallest absolute Gasteiger partial charge is 0.416 e. The van der Waals surface area contributed by atoms with Crippen molar-refractivity contribution in [2.24, 2.45) is 0 Å². The van der Waals surface area contributed by atoms with Crippen LogP contribution >= 0.6 is 0 Å². The standard InChI is InChI=1S/C21H26F3N5O3.C17H28N4O4.C16H13F3O2.C4H8O.CH4/c1-13-2-3-15(10-17(13)21(22,23)24)29-20(31)28-14-4-6-16(7-5-14)32-19-11-18(25-8-9-30)26-12-27-19;1-17(2,3)25-16(23)21-12-4-6-13(7-5-12)24-15-10-14(18-8-9-22)19-11-20-15;1-11-7-8-12(9-14(11)16(17,18)19)10-15(20)21-13-5-3-2-4-6-13;1-2-4-5-3-1;/h2-3,10-12,14,16,30H,4-9H2,1H3,(H,25,26,27)(H2,28,29,31);10-13,22H,4-9H2,1-3H3,(H,21,23)(H,18,19,20);2-9H,10H2,1H3;1-4H2;1H4. The number of hydrogen-bond donors (Lipinski definition) is 7. The number of alkyl halides is 6. The van der Waals surface area contributed by atoms with Gasteiger partial charge in [-0.05, 0) is 146 Å². The van der Waals surface area contributed by atoms with Crippen molar-refractivity contribution in [3.8, 4) is 17.5 Å². The van der Waals surface area contributed by atoms with Crippen LogP contribution in [0.15, 0.2) is 91.5 Å². The summed E-state index contributed by atoms with van der Waals surface area (Å²) in [4.78, 5) is 52.1. The zero-order valence-electron chi connectivity index (χ0n) is 47.2. The fourth-order valence-electron chi connectivity index (χ4n) is 8.61. The average Bonchev–Trinajstić information content (AvgIpc) is 3.68. The number of carbonyl (C=O) groups excluding carboxylic acids is 3. The molecule has 1 saturated heterocycles. The fraction of sp³-hybridized carbons (Fsp3) is 0.508. The monoisotopic (exact) mass is 1190 g/mol. The van der Waals surface area contributed by atoms with Gasteiger partial charge < -0.3 is 60.5 Å². The van der Waals surface area contributed by atoms with Crippen molar-refractivity contribution in [3.05, 3.63) is 119 Å². The number of urea groups is 1. The van der Waals surface area contributed by atoms with Crippen molar-refractivity contribution in [2.75, 3.05) is 55.5 Å². The van der Waals surface area contributed by atoms with E-state index in [1.807, 2.05) is 20.8 Å². The van der Waals surface area contributed by atoms with Crippen LogP contribution in [-0.2, 0) is 33.0 Å². The molecule has 3 heterocycles. The van der Waals surface area contributed by atoms with E-state index in [1.165, 1.54) is 63.6 Å². The Hall–Kier alpha value is -7.51. The van der Waals surface area contributed by atoms with E-state index in [4.69, 9.17) is 33.9 Å². The first-order chi connectivity index (χ1) is 39.5. The minimum Gasteiger partial charge on any atom is -0.474 e. The lowest BCUT2D eigenvalue weighted by atomic mass is 9.93. The molecule has 2 aromatic heterocycles. The minimum absolute atomic E-state index is 0. The van der Waals surface area contributed by atoms with E-state index in [0.717, 1.165) is 51.0 Å². The third-order valence-electron chi connectivity index (χ3n) is 12.7. The fourth-order valence-corrected chi connectivity index (χ4v) is 8.61. The predicted octanol–water partition coefficient (Wildman–Crippen LogP) is 11.4. The molecule has 3 aliphatic rings. The number of para-hydroxylation sites is 1. The van der Waals surface area contributed by atoms with Gasteiger partial charge in [0.1, 0.15) is 47.8 Å². The largest absolute Gasteiger partial charge is 0.474 e. The Kier molecular flexibility index (Phi) is 28.2. The molecule has 7 N–H and O–H groups in total. The molecule has 3 fully saturated rings. The molecule has 0 bridgehead atoms. The molecule has 0 atom stereocenters. The maximum absolute atomic E-state index is 13.0. The topological polar surface area (TPSA) is 250 Å². The van der Waals surface area contributed by atoms with E-state index in [9.17, 15) is 40.7 Å². The van der Waals surface area contributed by atoms with Gasteiger partial charge in [0.05, 0.1) is 30.8 Å². The zero-order chi connectivity index (χ0) is 60.4. The van der Waals surface area contributed by atoms with Crippen LogP contribution in [0.3, 0.4) is 0 Å². The number of aliphatic hydroxyl groups excluding tert-OH is 2. The van der Waals surface area contributed by atoms with Crippen LogP contribution in [-0.4, -0.2) is 118 Å². The van der Waals surface area contributed by atoms with Gasteiger partial charge in [-0.3, -0.25) is 4.79 Å². The molecule has 25 heteroatoms. The third-order valence-corrected chi connectivity index (χ3v) is 12.7. The van der Waals surface area contributed by atoms with Gasteiger partial charge in [0, 0.05) is 56.2 Å². The highest BCUT2D eigenvalue weighted by molar-refractivity contribution is 5.89. The van der Waals surface area contributed by atoms with Crippen LogP contribution in [0.25, 0.3) is 0 Å². The van der Waals surface area contributed by atoms with Crippen molar-refractivity contribution in [2.45, 2.75) is 155 Å². The van der Waals surface area contributed by atoms with E-state index in [0.29, 0.717) is 67.9 Å². The number of aliphatic hydroxyl groups is 2. The summed E-state index contributed by atoms with van der Waals surface area (Å²) >= 11 is 0. The summed E-state index contributed by atoms with van der Waals surface area (Å²) in [6.07, 6.45) is 1.95. The van der Waals surface area contributed by atoms with Crippen LogP contribution in [0.1, 0.15) is 120 Å².